The Morgan fingerprint density at radius 1 is 1.23 bits per heavy atom. The fraction of sp³-hybridized carbons (Fsp3) is 0.588. The van der Waals surface area contributed by atoms with Crippen LogP contribution in [0.4, 0.5) is 5.95 Å². The third-order valence-electron chi connectivity index (χ3n) is 4.96. The second-order valence-corrected chi connectivity index (χ2v) is 6.67. The quantitative estimate of drug-likeness (QED) is 0.783. The van der Waals surface area contributed by atoms with E-state index < -0.39 is 0 Å². The summed E-state index contributed by atoms with van der Waals surface area (Å²) >= 11 is 0. The monoisotopic (exact) mass is 357 g/mol. The average molecular weight is 357 g/mol. The SMILES string of the molecule is Cn1ncnc1-c1ccnc(N2CCCC(C(=O)N3CCOCC3)C2)n1. The number of carbonyl (C=O) groups is 1. The van der Waals surface area contributed by atoms with Gasteiger partial charge in [0.1, 0.15) is 12.0 Å². The number of piperidine rings is 1. The van der Waals surface area contributed by atoms with Crippen molar-refractivity contribution in [3.05, 3.63) is 18.6 Å². The molecule has 4 rings (SSSR count). The van der Waals surface area contributed by atoms with Gasteiger partial charge in [0.05, 0.1) is 19.1 Å². The van der Waals surface area contributed by atoms with E-state index >= 15 is 0 Å². The van der Waals surface area contributed by atoms with Gasteiger partial charge >= 0.3 is 0 Å². The highest BCUT2D eigenvalue weighted by Gasteiger charge is 2.31. The van der Waals surface area contributed by atoms with Gasteiger partial charge in [0.25, 0.3) is 0 Å². The number of hydrogen-bond acceptors (Lipinski definition) is 7. The molecule has 1 amide bonds. The molecular weight excluding hydrogens is 334 g/mol. The van der Waals surface area contributed by atoms with Crippen LogP contribution in [0.5, 0.6) is 0 Å². The summed E-state index contributed by atoms with van der Waals surface area (Å²) in [6.07, 6.45) is 5.11. The molecule has 0 aliphatic carbocycles. The number of anilines is 1. The summed E-state index contributed by atoms with van der Waals surface area (Å²) < 4.78 is 7.04. The summed E-state index contributed by atoms with van der Waals surface area (Å²) in [6, 6.07) is 1.83. The number of ether oxygens (including phenoxy) is 1. The molecule has 9 heteroatoms. The Morgan fingerprint density at radius 2 is 2.08 bits per heavy atom. The van der Waals surface area contributed by atoms with Gasteiger partial charge in [0.2, 0.25) is 11.9 Å². The molecule has 2 aromatic heterocycles. The Labute approximate surface area is 152 Å². The number of aryl methyl sites for hydroxylation is 1. The van der Waals surface area contributed by atoms with Crippen LogP contribution in [0.3, 0.4) is 0 Å². The van der Waals surface area contributed by atoms with Crippen LogP contribution in [0, 0.1) is 5.92 Å². The van der Waals surface area contributed by atoms with Gasteiger partial charge in [-0.25, -0.2) is 19.6 Å². The first-order chi connectivity index (χ1) is 12.7. The van der Waals surface area contributed by atoms with Gasteiger partial charge in [-0.15, -0.1) is 0 Å². The van der Waals surface area contributed by atoms with E-state index in [-0.39, 0.29) is 11.8 Å². The maximum absolute atomic E-state index is 12.8. The summed E-state index contributed by atoms with van der Waals surface area (Å²) in [5.41, 5.74) is 0.733. The van der Waals surface area contributed by atoms with Crippen molar-refractivity contribution >= 4 is 11.9 Å². The maximum atomic E-state index is 12.8. The van der Waals surface area contributed by atoms with Gasteiger partial charge in [0, 0.05) is 39.4 Å². The van der Waals surface area contributed by atoms with Gasteiger partial charge in [-0.1, -0.05) is 0 Å². The van der Waals surface area contributed by atoms with Crippen LogP contribution in [0.1, 0.15) is 12.8 Å². The highest BCUT2D eigenvalue weighted by atomic mass is 16.5. The number of rotatable bonds is 3. The molecule has 0 N–H and O–H groups in total. The van der Waals surface area contributed by atoms with E-state index in [1.54, 1.807) is 10.9 Å². The first kappa shape index (κ1) is 16.9. The van der Waals surface area contributed by atoms with Gasteiger partial charge in [-0.05, 0) is 18.9 Å². The minimum atomic E-state index is -0.0102. The van der Waals surface area contributed by atoms with Crippen LogP contribution in [-0.4, -0.2) is 74.9 Å². The number of morpholine rings is 1. The number of carbonyl (C=O) groups excluding carboxylic acids is 1. The molecule has 1 unspecified atom stereocenters. The fourth-order valence-corrected chi connectivity index (χ4v) is 3.56. The topological polar surface area (TPSA) is 89.3 Å². The summed E-state index contributed by atoms with van der Waals surface area (Å²) in [4.78, 5) is 30.2. The predicted octanol–water partition coefficient (Wildman–Crippen LogP) is 0.347. The van der Waals surface area contributed by atoms with Crippen molar-refractivity contribution in [2.75, 3.05) is 44.3 Å². The molecule has 2 fully saturated rings. The highest BCUT2D eigenvalue weighted by molar-refractivity contribution is 5.79. The standard InChI is InChI=1S/C17H23N7O2/c1-22-15(19-12-20-22)14-4-5-18-17(21-14)24-6-2-3-13(11-24)16(25)23-7-9-26-10-8-23/h4-5,12-13H,2-3,6-11H2,1H3. The Bertz CT molecular complexity index is 772. The van der Waals surface area contributed by atoms with Crippen molar-refractivity contribution in [1.29, 1.82) is 0 Å². The molecule has 0 spiro atoms. The van der Waals surface area contributed by atoms with E-state index in [9.17, 15) is 4.79 Å². The average Bonchev–Trinajstić information content (AvgIpc) is 3.14. The zero-order valence-corrected chi connectivity index (χ0v) is 14.9. The maximum Gasteiger partial charge on any atom is 0.227 e. The molecule has 138 valence electrons. The molecule has 9 nitrogen and oxygen atoms in total. The van der Waals surface area contributed by atoms with Crippen LogP contribution in [-0.2, 0) is 16.6 Å². The van der Waals surface area contributed by atoms with Crippen molar-refractivity contribution < 1.29 is 9.53 Å². The molecule has 2 saturated heterocycles. The number of amides is 1. The Morgan fingerprint density at radius 3 is 2.85 bits per heavy atom. The molecule has 1 atom stereocenters. The van der Waals surface area contributed by atoms with Gasteiger partial charge in [-0.2, -0.15) is 5.10 Å². The Kier molecular flexibility index (Phi) is 4.79. The minimum absolute atomic E-state index is 0.0102. The minimum Gasteiger partial charge on any atom is -0.378 e. The lowest BCUT2D eigenvalue weighted by Crippen LogP contribution is -2.48. The normalized spacial score (nSPS) is 21.0. The van der Waals surface area contributed by atoms with Gasteiger partial charge in [-0.3, -0.25) is 4.79 Å². The first-order valence-corrected chi connectivity index (χ1v) is 9.01. The molecule has 0 bridgehead atoms. The van der Waals surface area contributed by atoms with E-state index in [1.807, 2.05) is 18.0 Å². The van der Waals surface area contributed by atoms with Gasteiger partial charge in [0.15, 0.2) is 5.82 Å². The Balaban J connectivity index is 1.49. The van der Waals surface area contributed by atoms with Gasteiger partial charge < -0.3 is 14.5 Å². The highest BCUT2D eigenvalue weighted by Crippen LogP contribution is 2.24. The zero-order chi connectivity index (χ0) is 17.9. The zero-order valence-electron chi connectivity index (χ0n) is 14.9. The molecule has 2 aliphatic heterocycles. The number of nitrogens with zero attached hydrogens (tertiary/aromatic N) is 7. The smallest absolute Gasteiger partial charge is 0.227 e. The second-order valence-electron chi connectivity index (χ2n) is 6.67. The van der Waals surface area contributed by atoms with Crippen molar-refractivity contribution in [2.45, 2.75) is 12.8 Å². The number of aromatic nitrogens is 5. The molecule has 2 aromatic rings. The second kappa shape index (κ2) is 7.36. The van der Waals surface area contributed by atoms with Crippen molar-refractivity contribution in [2.24, 2.45) is 13.0 Å². The third kappa shape index (κ3) is 3.39. The first-order valence-electron chi connectivity index (χ1n) is 9.01. The molecule has 0 radical (unpaired) electrons. The predicted molar refractivity (Wildman–Crippen MR) is 94.4 cm³/mol. The molecular formula is C17H23N7O2. The van der Waals surface area contributed by atoms with Crippen LogP contribution >= 0.6 is 0 Å². The summed E-state index contributed by atoms with van der Waals surface area (Å²) in [5.74, 6) is 1.56. The van der Waals surface area contributed by atoms with Crippen LogP contribution in [0.25, 0.3) is 11.5 Å². The number of hydrogen-bond donors (Lipinski definition) is 0. The molecule has 26 heavy (non-hydrogen) atoms. The fourth-order valence-electron chi connectivity index (χ4n) is 3.56. The molecule has 0 saturated carbocycles. The Hall–Kier alpha value is -2.55. The van der Waals surface area contributed by atoms with E-state index in [1.165, 1.54) is 6.33 Å². The van der Waals surface area contributed by atoms with E-state index in [0.29, 0.717) is 44.6 Å². The van der Waals surface area contributed by atoms with Crippen molar-refractivity contribution in [3.8, 4) is 11.5 Å². The largest absolute Gasteiger partial charge is 0.378 e. The summed E-state index contributed by atoms with van der Waals surface area (Å²) in [5, 5.41) is 4.09. The molecule has 2 aliphatic rings. The van der Waals surface area contributed by atoms with E-state index in [0.717, 1.165) is 25.1 Å². The lowest BCUT2D eigenvalue weighted by Gasteiger charge is -2.36. The van der Waals surface area contributed by atoms with Crippen LogP contribution < -0.4 is 4.90 Å². The molecule has 0 aromatic carbocycles. The molecule has 4 heterocycles. The third-order valence-corrected chi connectivity index (χ3v) is 4.96. The van der Waals surface area contributed by atoms with Crippen molar-refractivity contribution in [1.82, 2.24) is 29.6 Å². The summed E-state index contributed by atoms with van der Waals surface area (Å²) in [7, 11) is 1.84. The van der Waals surface area contributed by atoms with Crippen molar-refractivity contribution in [3.63, 3.8) is 0 Å². The van der Waals surface area contributed by atoms with Crippen LogP contribution in [0.2, 0.25) is 0 Å². The summed E-state index contributed by atoms with van der Waals surface area (Å²) in [6.45, 7) is 4.14. The van der Waals surface area contributed by atoms with E-state index in [4.69, 9.17) is 4.74 Å². The van der Waals surface area contributed by atoms with Crippen LogP contribution in [0.15, 0.2) is 18.6 Å². The lowest BCUT2D eigenvalue weighted by molar-refractivity contribution is -0.139. The van der Waals surface area contributed by atoms with E-state index in [2.05, 4.69) is 25.0 Å². The lowest BCUT2D eigenvalue weighted by atomic mass is 9.96.